The molecule has 4 aliphatic rings. The van der Waals surface area contributed by atoms with Crippen LogP contribution in [0, 0.1) is 24.2 Å². The van der Waals surface area contributed by atoms with Gasteiger partial charge in [-0.05, 0) is 56.4 Å². The van der Waals surface area contributed by atoms with Gasteiger partial charge in [-0.1, -0.05) is 63.9 Å². The highest BCUT2D eigenvalue weighted by Crippen LogP contribution is 2.64. The predicted octanol–water partition coefficient (Wildman–Crippen LogP) is 5.26. The largest absolute Gasteiger partial charge is 0.665 e. The number of nitrogens with zero attached hydrogens (tertiary/aromatic N) is 2. The standard InChI is InChI=1S/C27H34BN3O3/c1-6-7-9-14-20-23(17(2)29-24(30-20)18-12-10-8-11-13-18)25(32)31-28-33-22-16-19-15-21(26(19,3)4)27(22,5)34-28/h8,10-13,16,19,21H,6-7,9,14-15H2,1-5H3,(H,31,32). The highest BCUT2D eigenvalue weighted by atomic mass is 16.7. The van der Waals surface area contributed by atoms with E-state index in [2.05, 4.69) is 44.0 Å². The van der Waals surface area contributed by atoms with E-state index in [1.165, 1.54) is 0 Å². The lowest BCUT2D eigenvalue weighted by atomic mass is 9.46. The Morgan fingerprint density at radius 2 is 1.94 bits per heavy atom. The van der Waals surface area contributed by atoms with Crippen LogP contribution in [0.25, 0.3) is 11.4 Å². The van der Waals surface area contributed by atoms with Gasteiger partial charge in [-0.15, -0.1) is 0 Å². The topological polar surface area (TPSA) is 73.3 Å². The Morgan fingerprint density at radius 1 is 1.18 bits per heavy atom. The number of hydrogen-bond donors (Lipinski definition) is 1. The highest BCUT2D eigenvalue weighted by Gasteiger charge is 2.65. The fourth-order valence-corrected chi connectivity index (χ4v) is 5.96. The third-order valence-corrected chi connectivity index (χ3v) is 8.13. The molecule has 1 saturated heterocycles. The number of nitrogens with one attached hydrogen (secondary N) is 1. The molecule has 1 aromatic carbocycles. The van der Waals surface area contributed by atoms with E-state index in [-0.39, 0.29) is 11.3 Å². The minimum atomic E-state index is -0.810. The monoisotopic (exact) mass is 459 g/mol. The number of benzene rings is 1. The lowest BCUT2D eigenvalue weighted by Crippen LogP contribution is -2.59. The highest BCUT2D eigenvalue weighted by molar-refractivity contribution is 6.47. The van der Waals surface area contributed by atoms with Gasteiger partial charge in [0.2, 0.25) is 5.91 Å². The summed E-state index contributed by atoms with van der Waals surface area (Å²) in [4.78, 5) is 23.0. The summed E-state index contributed by atoms with van der Waals surface area (Å²) in [5, 5.41) is 2.97. The summed E-state index contributed by atoms with van der Waals surface area (Å²) in [6.07, 6.45) is 7.20. The summed E-state index contributed by atoms with van der Waals surface area (Å²) >= 11 is 0. The van der Waals surface area contributed by atoms with Crippen molar-refractivity contribution in [2.75, 3.05) is 0 Å². The molecule has 178 valence electrons. The number of unbranched alkanes of at least 4 members (excludes halogenated alkanes) is 2. The van der Waals surface area contributed by atoms with Crippen molar-refractivity contribution in [3.8, 4) is 11.4 Å². The molecule has 1 saturated carbocycles. The van der Waals surface area contributed by atoms with Crippen molar-refractivity contribution >= 4 is 13.2 Å². The Hall–Kier alpha value is -2.67. The van der Waals surface area contributed by atoms with Gasteiger partial charge in [0.15, 0.2) is 5.82 Å². The molecule has 3 unspecified atom stereocenters. The first kappa shape index (κ1) is 23.1. The van der Waals surface area contributed by atoms with Gasteiger partial charge < -0.3 is 14.5 Å². The predicted molar refractivity (Wildman–Crippen MR) is 133 cm³/mol. The Balaban J connectivity index is 1.39. The molecule has 2 bridgehead atoms. The second-order valence-corrected chi connectivity index (χ2v) is 10.7. The van der Waals surface area contributed by atoms with Crippen LogP contribution in [-0.2, 0) is 15.7 Å². The summed E-state index contributed by atoms with van der Waals surface area (Å²) in [6.45, 7) is 10.7. The summed E-state index contributed by atoms with van der Waals surface area (Å²) in [7, 11) is -0.810. The zero-order valence-electron chi connectivity index (χ0n) is 20.9. The van der Waals surface area contributed by atoms with E-state index >= 15 is 0 Å². The van der Waals surface area contributed by atoms with Gasteiger partial charge in [0, 0.05) is 5.56 Å². The third kappa shape index (κ3) is 3.74. The van der Waals surface area contributed by atoms with Gasteiger partial charge in [-0.3, -0.25) is 4.79 Å². The van der Waals surface area contributed by atoms with Crippen molar-refractivity contribution < 1.29 is 14.1 Å². The molecule has 2 aromatic rings. The van der Waals surface area contributed by atoms with Crippen molar-refractivity contribution in [2.24, 2.45) is 17.3 Å². The minimum absolute atomic E-state index is 0.185. The molecule has 1 aliphatic heterocycles. The molecule has 7 heteroatoms. The van der Waals surface area contributed by atoms with Crippen LogP contribution in [0.1, 0.15) is 75.1 Å². The van der Waals surface area contributed by atoms with Gasteiger partial charge in [-0.25, -0.2) is 9.97 Å². The van der Waals surface area contributed by atoms with Gasteiger partial charge in [0.25, 0.3) is 0 Å². The summed E-state index contributed by atoms with van der Waals surface area (Å²) < 4.78 is 12.4. The van der Waals surface area contributed by atoms with E-state index in [1.807, 2.05) is 37.3 Å². The molecule has 0 radical (unpaired) electrons. The van der Waals surface area contributed by atoms with Crippen LogP contribution in [0.4, 0.5) is 0 Å². The van der Waals surface area contributed by atoms with Crippen molar-refractivity contribution in [2.45, 2.75) is 72.3 Å². The van der Waals surface area contributed by atoms with E-state index < -0.39 is 12.9 Å². The smallest absolute Gasteiger partial charge is 0.519 e. The van der Waals surface area contributed by atoms with Crippen LogP contribution in [-0.4, -0.2) is 28.7 Å². The van der Waals surface area contributed by atoms with Crippen LogP contribution >= 0.6 is 0 Å². The lowest BCUT2D eigenvalue weighted by Gasteiger charge is -2.60. The Bertz CT molecular complexity index is 1130. The fraction of sp³-hybridized carbons (Fsp3) is 0.519. The Kier molecular flexibility index (Phi) is 5.79. The van der Waals surface area contributed by atoms with E-state index in [0.29, 0.717) is 28.9 Å². The number of aromatic nitrogens is 2. The minimum Gasteiger partial charge on any atom is -0.519 e. The van der Waals surface area contributed by atoms with Gasteiger partial charge in [0.1, 0.15) is 11.4 Å². The lowest BCUT2D eigenvalue weighted by molar-refractivity contribution is -0.114. The number of amides is 1. The maximum Gasteiger partial charge on any atom is 0.665 e. The molecule has 3 atom stereocenters. The first-order valence-electron chi connectivity index (χ1n) is 12.5. The summed E-state index contributed by atoms with van der Waals surface area (Å²) in [5.74, 6) is 2.15. The fourth-order valence-electron chi connectivity index (χ4n) is 5.96. The molecule has 3 aliphatic carbocycles. The number of carbonyl (C=O) groups excluding carboxylic acids is 1. The van der Waals surface area contributed by atoms with E-state index in [4.69, 9.17) is 14.3 Å². The molecular formula is C27H34BN3O3. The first-order valence-corrected chi connectivity index (χ1v) is 12.5. The molecule has 1 N–H and O–H groups in total. The Morgan fingerprint density at radius 3 is 2.65 bits per heavy atom. The number of hydrogen-bond acceptors (Lipinski definition) is 5. The van der Waals surface area contributed by atoms with E-state index in [1.54, 1.807) is 0 Å². The van der Waals surface area contributed by atoms with Crippen LogP contribution in [0.2, 0.25) is 0 Å². The zero-order chi connectivity index (χ0) is 24.1. The molecular weight excluding hydrogens is 425 g/mol. The maximum atomic E-state index is 13.5. The van der Waals surface area contributed by atoms with Crippen molar-refractivity contribution in [1.29, 1.82) is 0 Å². The molecule has 34 heavy (non-hydrogen) atoms. The first-order chi connectivity index (χ1) is 16.2. The average molecular weight is 459 g/mol. The molecule has 6 nitrogen and oxygen atoms in total. The quantitative estimate of drug-likeness (QED) is 0.452. The third-order valence-electron chi connectivity index (χ3n) is 8.13. The van der Waals surface area contributed by atoms with Crippen molar-refractivity contribution in [3.63, 3.8) is 0 Å². The second-order valence-electron chi connectivity index (χ2n) is 10.7. The maximum absolute atomic E-state index is 13.5. The molecule has 6 rings (SSSR count). The number of aryl methyl sites for hydroxylation is 2. The number of allylic oxidation sites excluding steroid dienone is 1. The molecule has 2 heterocycles. The molecule has 2 fully saturated rings. The van der Waals surface area contributed by atoms with Gasteiger partial charge in [0.05, 0.1) is 17.0 Å². The van der Waals surface area contributed by atoms with Gasteiger partial charge in [-0.2, -0.15) is 0 Å². The van der Waals surface area contributed by atoms with Crippen LogP contribution in [0.3, 0.4) is 0 Å². The molecule has 1 amide bonds. The van der Waals surface area contributed by atoms with Gasteiger partial charge >= 0.3 is 7.25 Å². The SMILES string of the molecule is CCCCCc1nc(-c2ccccc2)nc(C)c1C(=O)NB1OC2=CC3CC(C2(C)O1)C3(C)C. The van der Waals surface area contributed by atoms with Crippen molar-refractivity contribution in [3.05, 3.63) is 59.1 Å². The second kappa shape index (κ2) is 8.53. The van der Waals surface area contributed by atoms with E-state index in [9.17, 15) is 4.79 Å². The zero-order valence-corrected chi connectivity index (χ0v) is 20.9. The van der Waals surface area contributed by atoms with Crippen molar-refractivity contribution in [1.82, 2.24) is 15.2 Å². The van der Waals surface area contributed by atoms with E-state index in [0.717, 1.165) is 49.1 Å². The number of carbonyl (C=O) groups is 1. The van der Waals surface area contributed by atoms with Crippen LogP contribution < -0.4 is 5.23 Å². The summed E-state index contributed by atoms with van der Waals surface area (Å²) in [5.41, 5.74) is 2.61. The normalized spacial score (nSPS) is 26.3. The molecule has 1 aromatic heterocycles. The average Bonchev–Trinajstić information content (AvgIpc) is 3.14. The molecule has 0 spiro atoms. The Labute approximate surface area is 202 Å². The summed E-state index contributed by atoms with van der Waals surface area (Å²) in [6, 6.07) is 9.91. The number of rotatable bonds is 7. The van der Waals surface area contributed by atoms with Crippen LogP contribution in [0.15, 0.2) is 42.2 Å². The van der Waals surface area contributed by atoms with Crippen LogP contribution in [0.5, 0.6) is 0 Å².